The molecule has 1 spiro atoms. The van der Waals surface area contributed by atoms with Crippen LogP contribution in [0.5, 0.6) is 0 Å². The average molecular weight is 194 g/mol. The molecule has 2 rings (SSSR count). The number of hydrogen-bond donors (Lipinski definition) is 0. The highest BCUT2D eigenvalue weighted by atomic mass is 16.5. The lowest BCUT2D eigenvalue weighted by Crippen LogP contribution is -2.28. The van der Waals surface area contributed by atoms with Crippen LogP contribution < -0.4 is 0 Å². The second-order valence-electron chi connectivity index (χ2n) is 5.07. The second-order valence-corrected chi connectivity index (χ2v) is 5.07. The molecule has 0 radical (unpaired) electrons. The van der Waals surface area contributed by atoms with Gasteiger partial charge in [0.2, 0.25) is 0 Å². The Balaban J connectivity index is 2.09. The quantitative estimate of drug-likeness (QED) is 0.609. The fraction of sp³-hybridized carbons (Fsp3) is 0.846. The van der Waals surface area contributed by atoms with Crippen molar-refractivity contribution in [1.82, 2.24) is 0 Å². The molecule has 1 aliphatic heterocycles. The Morgan fingerprint density at radius 3 is 2.50 bits per heavy atom. The van der Waals surface area contributed by atoms with E-state index in [1.165, 1.54) is 38.5 Å². The summed E-state index contributed by atoms with van der Waals surface area (Å²) in [6.45, 7) is 5.53. The van der Waals surface area contributed by atoms with E-state index >= 15 is 0 Å². The molecular weight excluding hydrogens is 172 g/mol. The van der Waals surface area contributed by atoms with Crippen molar-refractivity contribution >= 4 is 0 Å². The van der Waals surface area contributed by atoms with E-state index in [4.69, 9.17) is 4.74 Å². The van der Waals surface area contributed by atoms with Crippen molar-refractivity contribution < 1.29 is 4.74 Å². The Labute approximate surface area is 87.5 Å². The first-order valence-electron chi connectivity index (χ1n) is 6.03. The highest BCUT2D eigenvalue weighted by Crippen LogP contribution is 2.49. The molecule has 1 saturated heterocycles. The van der Waals surface area contributed by atoms with E-state index < -0.39 is 0 Å². The molecule has 1 heteroatoms. The summed E-state index contributed by atoms with van der Waals surface area (Å²) in [4.78, 5) is 0. The summed E-state index contributed by atoms with van der Waals surface area (Å²) in [6, 6.07) is 0. The first-order valence-corrected chi connectivity index (χ1v) is 6.03. The van der Waals surface area contributed by atoms with Gasteiger partial charge in [0.05, 0.1) is 12.2 Å². The molecule has 1 heterocycles. The van der Waals surface area contributed by atoms with Crippen LogP contribution in [0.25, 0.3) is 0 Å². The predicted octanol–water partition coefficient (Wildman–Crippen LogP) is 3.69. The van der Waals surface area contributed by atoms with Crippen LogP contribution in [0.3, 0.4) is 0 Å². The van der Waals surface area contributed by atoms with Crippen molar-refractivity contribution in [2.45, 2.75) is 58.0 Å². The SMILES string of the molecule is CCC1(CC)CC2(CC=CCC2)CO1. The third-order valence-electron chi connectivity index (χ3n) is 4.23. The normalized spacial score (nSPS) is 35.3. The van der Waals surface area contributed by atoms with Gasteiger partial charge in [-0.1, -0.05) is 26.0 Å². The lowest BCUT2D eigenvalue weighted by molar-refractivity contribution is -0.00491. The number of allylic oxidation sites excluding steroid dienone is 2. The van der Waals surface area contributed by atoms with Crippen molar-refractivity contribution in [3.63, 3.8) is 0 Å². The lowest BCUT2D eigenvalue weighted by Gasteiger charge is -2.31. The molecule has 0 saturated carbocycles. The fourth-order valence-corrected chi connectivity index (χ4v) is 3.03. The van der Waals surface area contributed by atoms with Gasteiger partial charge in [0.15, 0.2) is 0 Å². The minimum Gasteiger partial charge on any atom is -0.374 e. The van der Waals surface area contributed by atoms with Gasteiger partial charge >= 0.3 is 0 Å². The van der Waals surface area contributed by atoms with Gasteiger partial charge in [0.1, 0.15) is 0 Å². The number of hydrogen-bond acceptors (Lipinski definition) is 1. The summed E-state index contributed by atoms with van der Waals surface area (Å²) in [5.74, 6) is 0. The van der Waals surface area contributed by atoms with Crippen molar-refractivity contribution in [2.24, 2.45) is 5.41 Å². The van der Waals surface area contributed by atoms with Crippen molar-refractivity contribution in [1.29, 1.82) is 0 Å². The zero-order valence-electron chi connectivity index (χ0n) is 9.51. The summed E-state index contributed by atoms with van der Waals surface area (Å²) < 4.78 is 6.10. The number of ether oxygens (including phenoxy) is 1. The maximum atomic E-state index is 6.10. The van der Waals surface area contributed by atoms with E-state index in [2.05, 4.69) is 26.0 Å². The third kappa shape index (κ3) is 1.63. The highest BCUT2D eigenvalue weighted by molar-refractivity contribution is 5.04. The Hall–Kier alpha value is -0.300. The van der Waals surface area contributed by atoms with Gasteiger partial charge < -0.3 is 4.74 Å². The molecule has 0 aromatic rings. The molecule has 1 nitrogen and oxygen atoms in total. The van der Waals surface area contributed by atoms with Crippen LogP contribution in [-0.4, -0.2) is 12.2 Å². The third-order valence-corrected chi connectivity index (χ3v) is 4.23. The lowest BCUT2D eigenvalue weighted by atomic mass is 9.72. The Morgan fingerprint density at radius 2 is 2.00 bits per heavy atom. The van der Waals surface area contributed by atoms with E-state index in [9.17, 15) is 0 Å². The van der Waals surface area contributed by atoms with Gasteiger partial charge in [-0.3, -0.25) is 0 Å². The van der Waals surface area contributed by atoms with E-state index in [-0.39, 0.29) is 5.60 Å². The smallest absolute Gasteiger partial charge is 0.0683 e. The minimum absolute atomic E-state index is 0.213. The zero-order chi connectivity index (χ0) is 10.1. The topological polar surface area (TPSA) is 9.23 Å². The van der Waals surface area contributed by atoms with E-state index in [1.54, 1.807) is 0 Å². The summed E-state index contributed by atoms with van der Waals surface area (Å²) >= 11 is 0. The summed E-state index contributed by atoms with van der Waals surface area (Å²) in [5.41, 5.74) is 0.714. The first kappa shape index (κ1) is 10.2. The van der Waals surface area contributed by atoms with E-state index in [1.807, 2.05) is 0 Å². The van der Waals surface area contributed by atoms with Crippen LogP contribution in [-0.2, 0) is 4.74 Å². The van der Waals surface area contributed by atoms with Crippen molar-refractivity contribution in [3.05, 3.63) is 12.2 Å². The largest absolute Gasteiger partial charge is 0.374 e. The van der Waals surface area contributed by atoms with Crippen LogP contribution in [0.2, 0.25) is 0 Å². The van der Waals surface area contributed by atoms with Crippen LogP contribution >= 0.6 is 0 Å². The molecule has 2 aliphatic rings. The summed E-state index contributed by atoms with van der Waals surface area (Å²) in [5, 5.41) is 0. The molecule has 14 heavy (non-hydrogen) atoms. The molecule has 0 aromatic carbocycles. The van der Waals surface area contributed by atoms with Crippen LogP contribution in [0.1, 0.15) is 52.4 Å². The predicted molar refractivity (Wildman–Crippen MR) is 59.3 cm³/mol. The Morgan fingerprint density at radius 1 is 1.21 bits per heavy atom. The molecule has 80 valence electrons. The fourth-order valence-electron chi connectivity index (χ4n) is 3.03. The molecule has 0 aromatic heterocycles. The van der Waals surface area contributed by atoms with Gasteiger partial charge in [-0.05, 0) is 38.5 Å². The monoisotopic (exact) mass is 194 g/mol. The molecule has 0 amide bonds. The van der Waals surface area contributed by atoms with Crippen LogP contribution in [0.4, 0.5) is 0 Å². The molecule has 0 bridgehead atoms. The zero-order valence-corrected chi connectivity index (χ0v) is 9.51. The van der Waals surface area contributed by atoms with E-state index in [0.717, 1.165) is 6.61 Å². The van der Waals surface area contributed by atoms with Gasteiger partial charge in [-0.2, -0.15) is 0 Å². The average Bonchev–Trinajstić information content (AvgIpc) is 2.60. The molecule has 0 N–H and O–H groups in total. The van der Waals surface area contributed by atoms with Gasteiger partial charge in [-0.25, -0.2) is 0 Å². The molecule has 1 fully saturated rings. The first-order chi connectivity index (χ1) is 6.74. The second kappa shape index (κ2) is 3.69. The highest BCUT2D eigenvalue weighted by Gasteiger charge is 2.46. The van der Waals surface area contributed by atoms with Gasteiger partial charge in [-0.15, -0.1) is 0 Å². The van der Waals surface area contributed by atoms with Crippen molar-refractivity contribution in [3.8, 4) is 0 Å². The minimum atomic E-state index is 0.213. The Kier molecular flexibility index (Phi) is 2.70. The molecule has 1 unspecified atom stereocenters. The Bertz CT molecular complexity index is 227. The number of rotatable bonds is 2. The standard InChI is InChI=1S/C13H22O/c1-3-13(4-2)10-12(11-14-13)8-6-5-7-9-12/h5-6H,3-4,7-11H2,1-2H3. The van der Waals surface area contributed by atoms with Crippen LogP contribution in [0, 0.1) is 5.41 Å². The summed E-state index contributed by atoms with van der Waals surface area (Å²) in [6.07, 6.45) is 12.2. The van der Waals surface area contributed by atoms with Gasteiger partial charge in [0, 0.05) is 5.41 Å². The van der Waals surface area contributed by atoms with Crippen LogP contribution in [0.15, 0.2) is 12.2 Å². The van der Waals surface area contributed by atoms with E-state index in [0.29, 0.717) is 5.41 Å². The summed E-state index contributed by atoms with van der Waals surface area (Å²) in [7, 11) is 0. The van der Waals surface area contributed by atoms with Gasteiger partial charge in [0.25, 0.3) is 0 Å². The molecule has 1 atom stereocenters. The molecular formula is C13H22O. The maximum absolute atomic E-state index is 6.10. The van der Waals surface area contributed by atoms with Crippen molar-refractivity contribution in [2.75, 3.05) is 6.61 Å². The molecule has 1 aliphatic carbocycles. The maximum Gasteiger partial charge on any atom is 0.0683 e.